The summed E-state index contributed by atoms with van der Waals surface area (Å²) in [7, 11) is 0. The zero-order chi connectivity index (χ0) is 11.1. The zero-order valence-electron chi connectivity index (χ0n) is 10.4. The third kappa shape index (κ3) is 5.20. The molecule has 0 unspecified atom stereocenters. The Balaban J connectivity index is 2.12. The fourth-order valence-electron chi connectivity index (χ4n) is 1.82. The van der Waals surface area contributed by atoms with Gasteiger partial charge in [0.15, 0.2) is 0 Å². The quantitative estimate of drug-likeness (QED) is 0.651. The van der Waals surface area contributed by atoms with E-state index in [1.807, 2.05) is 0 Å². The fourth-order valence-corrected chi connectivity index (χ4v) is 1.82. The molecule has 0 amide bonds. The van der Waals surface area contributed by atoms with Crippen LogP contribution in [0.15, 0.2) is 0 Å². The molecule has 0 aliphatic carbocycles. The Hall–Kier alpha value is -0.520. The number of hydrogen-bond acceptors (Lipinski definition) is 2. The maximum Gasteiger partial charge on any atom is 0.0217 e. The van der Waals surface area contributed by atoms with E-state index in [-0.39, 0.29) is 0 Å². The van der Waals surface area contributed by atoms with Crippen LogP contribution in [0.2, 0.25) is 0 Å². The van der Waals surface area contributed by atoms with Crippen molar-refractivity contribution in [3.05, 3.63) is 0 Å². The summed E-state index contributed by atoms with van der Waals surface area (Å²) in [6.45, 7) is 13.8. The predicted octanol–water partition coefficient (Wildman–Crippen LogP) is 1.67. The van der Waals surface area contributed by atoms with Gasteiger partial charge in [-0.05, 0) is 6.54 Å². The van der Waals surface area contributed by atoms with Gasteiger partial charge in [-0.25, -0.2) is 0 Å². The Bertz CT molecular complexity index is 216. The molecule has 1 aliphatic heterocycles. The second-order valence-corrected chi connectivity index (χ2v) is 4.50. The van der Waals surface area contributed by atoms with Crippen LogP contribution in [0.25, 0.3) is 0 Å². The molecule has 2 nitrogen and oxygen atoms in total. The molecule has 0 aromatic rings. The third-order valence-corrected chi connectivity index (χ3v) is 2.86. The highest BCUT2D eigenvalue weighted by Gasteiger charge is 2.13. The van der Waals surface area contributed by atoms with Gasteiger partial charge in [0.05, 0.1) is 0 Å². The van der Waals surface area contributed by atoms with Crippen molar-refractivity contribution < 1.29 is 0 Å². The monoisotopic (exact) mass is 208 g/mol. The van der Waals surface area contributed by atoms with E-state index in [0.717, 1.165) is 13.0 Å². The van der Waals surface area contributed by atoms with Crippen LogP contribution in [0.3, 0.4) is 0 Å². The van der Waals surface area contributed by atoms with Crippen molar-refractivity contribution in [1.82, 2.24) is 9.80 Å². The van der Waals surface area contributed by atoms with Gasteiger partial charge in [0.2, 0.25) is 0 Å². The van der Waals surface area contributed by atoms with Crippen LogP contribution in [-0.2, 0) is 0 Å². The highest BCUT2D eigenvalue weighted by Crippen LogP contribution is 2.01. The molecule has 0 saturated carbocycles. The van der Waals surface area contributed by atoms with Crippen LogP contribution >= 0.6 is 0 Å². The molecule has 1 rings (SSSR count). The summed E-state index contributed by atoms with van der Waals surface area (Å²) in [5.74, 6) is 6.99. The van der Waals surface area contributed by atoms with Crippen molar-refractivity contribution in [2.45, 2.75) is 27.2 Å². The van der Waals surface area contributed by atoms with E-state index in [1.165, 1.54) is 32.7 Å². The van der Waals surface area contributed by atoms with Gasteiger partial charge in [-0.2, -0.15) is 0 Å². The Morgan fingerprint density at radius 2 is 1.67 bits per heavy atom. The van der Waals surface area contributed by atoms with Crippen molar-refractivity contribution in [2.75, 3.05) is 39.3 Å². The van der Waals surface area contributed by atoms with Crippen LogP contribution in [0.5, 0.6) is 0 Å². The number of nitrogens with zero attached hydrogens (tertiary/aromatic N) is 2. The molecular formula is C13H24N2. The van der Waals surface area contributed by atoms with Crippen molar-refractivity contribution in [2.24, 2.45) is 5.92 Å². The standard InChI is InChI=1S/C13H24N2/c1-4-14-9-11-15(12-10-14)8-6-5-7-13(2)3/h13H,4,6,8-12H2,1-3H3. The van der Waals surface area contributed by atoms with E-state index >= 15 is 0 Å². The largest absolute Gasteiger partial charge is 0.301 e. The first-order valence-corrected chi connectivity index (χ1v) is 6.15. The lowest BCUT2D eigenvalue weighted by molar-refractivity contribution is 0.139. The van der Waals surface area contributed by atoms with E-state index in [9.17, 15) is 0 Å². The summed E-state index contributed by atoms with van der Waals surface area (Å²) < 4.78 is 0. The van der Waals surface area contributed by atoms with Gasteiger partial charge >= 0.3 is 0 Å². The van der Waals surface area contributed by atoms with Crippen molar-refractivity contribution in [3.8, 4) is 11.8 Å². The summed E-state index contributed by atoms with van der Waals surface area (Å²) in [5.41, 5.74) is 0. The average Bonchev–Trinajstić information content (AvgIpc) is 2.25. The maximum absolute atomic E-state index is 3.25. The lowest BCUT2D eigenvalue weighted by Crippen LogP contribution is -2.46. The normalized spacial score (nSPS) is 18.9. The van der Waals surface area contributed by atoms with Crippen LogP contribution in [0.1, 0.15) is 27.2 Å². The molecule has 1 aliphatic rings. The fraction of sp³-hybridized carbons (Fsp3) is 0.846. The Labute approximate surface area is 94.6 Å². The van der Waals surface area contributed by atoms with Crippen LogP contribution in [-0.4, -0.2) is 49.1 Å². The van der Waals surface area contributed by atoms with Gasteiger partial charge in [-0.15, -0.1) is 11.8 Å². The molecule has 86 valence electrons. The molecule has 1 heterocycles. The van der Waals surface area contributed by atoms with E-state index in [0.29, 0.717) is 5.92 Å². The van der Waals surface area contributed by atoms with Gasteiger partial charge in [0, 0.05) is 45.1 Å². The molecule has 0 aromatic carbocycles. The van der Waals surface area contributed by atoms with Gasteiger partial charge in [-0.3, -0.25) is 4.90 Å². The number of rotatable bonds is 3. The first-order chi connectivity index (χ1) is 7.22. The highest BCUT2D eigenvalue weighted by atomic mass is 15.3. The number of hydrogen-bond donors (Lipinski definition) is 0. The molecule has 15 heavy (non-hydrogen) atoms. The average molecular weight is 208 g/mol. The highest BCUT2D eigenvalue weighted by molar-refractivity contribution is 5.01. The minimum Gasteiger partial charge on any atom is -0.301 e. The summed E-state index contributed by atoms with van der Waals surface area (Å²) in [5, 5.41) is 0. The molecule has 0 aromatic heterocycles. The first-order valence-electron chi connectivity index (χ1n) is 6.15. The number of likely N-dealkylation sites (N-methyl/N-ethyl adjacent to an activating group) is 1. The smallest absolute Gasteiger partial charge is 0.0217 e. The molecule has 0 spiro atoms. The SMILES string of the molecule is CCN1CCN(CCC#CC(C)C)CC1. The van der Waals surface area contributed by atoms with Crippen molar-refractivity contribution >= 4 is 0 Å². The van der Waals surface area contributed by atoms with E-state index in [2.05, 4.69) is 42.4 Å². The topological polar surface area (TPSA) is 6.48 Å². The van der Waals surface area contributed by atoms with Gasteiger partial charge in [0.1, 0.15) is 0 Å². The lowest BCUT2D eigenvalue weighted by Gasteiger charge is -2.33. The van der Waals surface area contributed by atoms with Crippen LogP contribution in [0, 0.1) is 17.8 Å². The molecule has 0 bridgehead atoms. The van der Waals surface area contributed by atoms with E-state index in [1.54, 1.807) is 0 Å². The lowest BCUT2D eigenvalue weighted by atomic mass is 10.2. The summed E-state index contributed by atoms with van der Waals surface area (Å²) >= 11 is 0. The predicted molar refractivity (Wildman–Crippen MR) is 65.8 cm³/mol. The van der Waals surface area contributed by atoms with Crippen molar-refractivity contribution in [1.29, 1.82) is 0 Å². The first kappa shape index (κ1) is 12.5. The third-order valence-electron chi connectivity index (χ3n) is 2.86. The van der Waals surface area contributed by atoms with Gasteiger partial charge in [0.25, 0.3) is 0 Å². The maximum atomic E-state index is 3.25. The molecular weight excluding hydrogens is 184 g/mol. The van der Waals surface area contributed by atoms with Gasteiger partial charge < -0.3 is 4.90 Å². The summed E-state index contributed by atoms with van der Waals surface area (Å²) in [6.07, 6.45) is 1.03. The number of piperazine rings is 1. The molecule has 1 saturated heterocycles. The summed E-state index contributed by atoms with van der Waals surface area (Å²) in [6, 6.07) is 0. The molecule has 1 fully saturated rings. The minimum absolute atomic E-state index is 0.516. The van der Waals surface area contributed by atoms with Gasteiger partial charge in [-0.1, -0.05) is 20.8 Å². The van der Waals surface area contributed by atoms with Crippen LogP contribution < -0.4 is 0 Å². The molecule has 0 N–H and O–H groups in total. The molecule has 2 heteroatoms. The van der Waals surface area contributed by atoms with E-state index < -0.39 is 0 Å². The molecule has 0 atom stereocenters. The molecule has 0 radical (unpaired) electrons. The Kier molecular flexibility index (Phi) is 5.75. The zero-order valence-corrected chi connectivity index (χ0v) is 10.4. The minimum atomic E-state index is 0.516. The summed E-state index contributed by atoms with van der Waals surface area (Å²) in [4.78, 5) is 5.04. The second-order valence-electron chi connectivity index (χ2n) is 4.50. The Morgan fingerprint density at radius 3 is 2.20 bits per heavy atom. The van der Waals surface area contributed by atoms with Crippen molar-refractivity contribution in [3.63, 3.8) is 0 Å². The van der Waals surface area contributed by atoms with Crippen LogP contribution in [0.4, 0.5) is 0 Å². The second kappa shape index (κ2) is 6.87. The van der Waals surface area contributed by atoms with E-state index in [4.69, 9.17) is 0 Å². The Morgan fingerprint density at radius 1 is 1.07 bits per heavy atom.